The lowest BCUT2D eigenvalue weighted by molar-refractivity contribution is -0.384. The number of nitrogen functional groups attached to an aromatic ring is 1. The van der Waals surface area contributed by atoms with Crippen LogP contribution >= 0.6 is 0 Å². The molecule has 1 aromatic rings. The van der Waals surface area contributed by atoms with Gasteiger partial charge in [0, 0.05) is 13.1 Å². The van der Waals surface area contributed by atoms with E-state index in [1.54, 1.807) is 4.68 Å². The van der Waals surface area contributed by atoms with Gasteiger partial charge in [0.15, 0.2) is 0 Å². The molecular weight excluding hydrogens is 234 g/mol. The summed E-state index contributed by atoms with van der Waals surface area (Å²) in [5.41, 5.74) is 5.68. The molecule has 1 aliphatic heterocycles. The maximum absolute atomic E-state index is 10.7. The first-order valence-electron chi connectivity index (χ1n) is 6.33. The van der Waals surface area contributed by atoms with E-state index in [9.17, 15) is 10.1 Å². The Morgan fingerprint density at radius 3 is 2.72 bits per heavy atom. The van der Waals surface area contributed by atoms with Crippen LogP contribution in [0.1, 0.15) is 32.2 Å². The molecule has 18 heavy (non-hydrogen) atoms. The second-order valence-corrected chi connectivity index (χ2v) is 4.69. The number of piperidine rings is 1. The summed E-state index contributed by atoms with van der Waals surface area (Å²) >= 11 is 0. The van der Waals surface area contributed by atoms with Crippen molar-refractivity contribution in [1.29, 1.82) is 0 Å². The summed E-state index contributed by atoms with van der Waals surface area (Å²) in [6.07, 6.45) is 4.29. The van der Waals surface area contributed by atoms with Crippen molar-refractivity contribution in [3.63, 3.8) is 0 Å². The monoisotopic (exact) mass is 253 g/mol. The molecular formula is C11H19N5O2. The van der Waals surface area contributed by atoms with E-state index in [4.69, 9.17) is 5.73 Å². The normalized spacial score (nSPS) is 18.1. The minimum atomic E-state index is -0.481. The van der Waals surface area contributed by atoms with Crippen molar-refractivity contribution in [2.45, 2.75) is 32.2 Å². The number of nitrogens with zero attached hydrogens (tertiary/aromatic N) is 4. The molecule has 0 spiro atoms. The van der Waals surface area contributed by atoms with Crippen molar-refractivity contribution in [2.24, 2.45) is 0 Å². The second kappa shape index (κ2) is 5.34. The Balaban J connectivity index is 2.03. The van der Waals surface area contributed by atoms with Crippen LogP contribution in [0, 0.1) is 10.1 Å². The highest BCUT2D eigenvalue weighted by Gasteiger charge is 2.26. The zero-order valence-corrected chi connectivity index (χ0v) is 10.6. The van der Waals surface area contributed by atoms with Crippen LogP contribution in [-0.4, -0.2) is 39.2 Å². The number of hydrogen-bond donors (Lipinski definition) is 1. The summed E-state index contributed by atoms with van der Waals surface area (Å²) in [7, 11) is 0. The fraction of sp³-hybridized carbons (Fsp3) is 0.727. The summed E-state index contributed by atoms with van der Waals surface area (Å²) < 4.78 is 1.61. The van der Waals surface area contributed by atoms with Crippen molar-refractivity contribution in [2.75, 3.05) is 25.4 Å². The molecule has 0 saturated carbocycles. The third kappa shape index (κ3) is 2.45. The molecule has 7 nitrogen and oxygen atoms in total. The Labute approximate surface area is 106 Å². The van der Waals surface area contributed by atoms with Crippen molar-refractivity contribution in [3.8, 4) is 0 Å². The number of likely N-dealkylation sites (tertiary alicyclic amines) is 1. The van der Waals surface area contributed by atoms with Gasteiger partial charge in [-0.3, -0.25) is 10.1 Å². The SMILES string of the molecule is CCCN1CCC(n2ncc([N+](=O)[O-])c2N)CC1. The highest BCUT2D eigenvalue weighted by Crippen LogP contribution is 2.29. The number of nitro groups is 1. The van der Waals surface area contributed by atoms with Crippen LogP contribution in [0.2, 0.25) is 0 Å². The number of nitrogens with two attached hydrogens (primary N) is 1. The van der Waals surface area contributed by atoms with E-state index in [1.165, 1.54) is 6.20 Å². The topological polar surface area (TPSA) is 90.2 Å². The van der Waals surface area contributed by atoms with Gasteiger partial charge in [-0.1, -0.05) is 6.92 Å². The van der Waals surface area contributed by atoms with E-state index in [0.29, 0.717) is 0 Å². The molecule has 2 heterocycles. The lowest BCUT2D eigenvalue weighted by atomic mass is 10.1. The quantitative estimate of drug-likeness (QED) is 0.647. The van der Waals surface area contributed by atoms with Crippen LogP contribution in [0.3, 0.4) is 0 Å². The molecule has 0 amide bonds. The summed E-state index contributed by atoms with van der Waals surface area (Å²) in [5, 5.41) is 14.8. The Morgan fingerprint density at radius 1 is 1.56 bits per heavy atom. The molecule has 1 aromatic heterocycles. The molecule has 0 aliphatic carbocycles. The third-order valence-electron chi connectivity index (χ3n) is 3.45. The average molecular weight is 253 g/mol. The number of rotatable bonds is 4. The first kappa shape index (κ1) is 12.8. The van der Waals surface area contributed by atoms with Gasteiger partial charge in [-0.05, 0) is 25.8 Å². The minimum Gasteiger partial charge on any atom is -0.378 e. The molecule has 2 rings (SSSR count). The molecule has 0 atom stereocenters. The smallest absolute Gasteiger partial charge is 0.330 e. The van der Waals surface area contributed by atoms with Gasteiger partial charge in [0.2, 0.25) is 5.82 Å². The van der Waals surface area contributed by atoms with Gasteiger partial charge in [0.1, 0.15) is 6.20 Å². The summed E-state index contributed by atoms with van der Waals surface area (Å²) in [5.74, 6) is 0.175. The van der Waals surface area contributed by atoms with Gasteiger partial charge < -0.3 is 10.6 Å². The van der Waals surface area contributed by atoms with Gasteiger partial charge in [-0.25, -0.2) is 4.68 Å². The molecule has 0 bridgehead atoms. The third-order valence-corrected chi connectivity index (χ3v) is 3.45. The van der Waals surface area contributed by atoms with Gasteiger partial charge >= 0.3 is 5.69 Å². The van der Waals surface area contributed by atoms with Gasteiger partial charge in [-0.2, -0.15) is 5.10 Å². The van der Waals surface area contributed by atoms with E-state index in [1.807, 2.05) is 0 Å². The molecule has 0 unspecified atom stereocenters. The second-order valence-electron chi connectivity index (χ2n) is 4.69. The Hall–Kier alpha value is -1.63. The minimum absolute atomic E-state index is 0.0917. The maximum Gasteiger partial charge on any atom is 0.330 e. The summed E-state index contributed by atoms with van der Waals surface area (Å²) in [4.78, 5) is 12.6. The predicted octanol–water partition coefficient (Wildman–Crippen LogP) is 1.42. The van der Waals surface area contributed by atoms with Crippen LogP contribution in [-0.2, 0) is 0 Å². The molecule has 1 fully saturated rings. The van der Waals surface area contributed by atoms with Crippen LogP contribution in [0.4, 0.5) is 11.5 Å². The molecule has 1 saturated heterocycles. The fourth-order valence-corrected chi connectivity index (χ4v) is 2.50. The van der Waals surface area contributed by atoms with Crippen LogP contribution in [0.25, 0.3) is 0 Å². The average Bonchev–Trinajstić information content (AvgIpc) is 2.73. The number of anilines is 1. The Bertz CT molecular complexity index is 423. The van der Waals surface area contributed by atoms with Crippen LogP contribution < -0.4 is 5.73 Å². The van der Waals surface area contributed by atoms with Gasteiger partial charge in [0.05, 0.1) is 11.0 Å². The lowest BCUT2D eigenvalue weighted by Crippen LogP contribution is -2.35. The van der Waals surface area contributed by atoms with E-state index < -0.39 is 4.92 Å². The highest BCUT2D eigenvalue weighted by molar-refractivity contribution is 5.51. The largest absolute Gasteiger partial charge is 0.378 e. The predicted molar refractivity (Wildman–Crippen MR) is 68.3 cm³/mol. The van der Waals surface area contributed by atoms with Crippen LogP contribution in [0.5, 0.6) is 0 Å². The van der Waals surface area contributed by atoms with Crippen molar-refractivity contribution >= 4 is 11.5 Å². The Morgan fingerprint density at radius 2 is 2.22 bits per heavy atom. The molecule has 1 aliphatic rings. The van der Waals surface area contributed by atoms with Gasteiger partial charge in [0.25, 0.3) is 0 Å². The summed E-state index contributed by atoms with van der Waals surface area (Å²) in [6, 6.07) is 0.187. The van der Waals surface area contributed by atoms with Crippen molar-refractivity contribution in [1.82, 2.24) is 14.7 Å². The molecule has 2 N–H and O–H groups in total. The van der Waals surface area contributed by atoms with Crippen LogP contribution in [0.15, 0.2) is 6.20 Å². The van der Waals surface area contributed by atoms with Crippen molar-refractivity contribution in [3.05, 3.63) is 16.3 Å². The standard InChI is InChI=1S/C11H19N5O2/c1-2-5-14-6-3-9(4-7-14)15-11(12)10(8-13-15)16(17)18/h8-9H,2-7,12H2,1H3. The first-order chi connectivity index (χ1) is 8.63. The van der Waals surface area contributed by atoms with E-state index in [2.05, 4.69) is 16.9 Å². The van der Waals surface area contributed by atoms with E-state index in [0.717, 1.165) is 38.9 Å². The summed E-state index contributed by atoms with van der Waals surface area (Å²) in [6.45, 7) is 5.29. The fourth-order valence-electron chi connectivity index (χ4n) is 2.50. The number of hydrogen-bond acceptors (Lipinski definition) is 5. The molecule has 0 aromatic carbocycles. The van der Waals surface area contributed by atoms with Crippen molar-refractivity contribution < 1.29 is 4.92 Å². The highest BCUT2D eigenvalue weighted by atomic mass is 16.6. The number of aromatic nitrogens is 2. The molecule has 7 heteroatoms. The maximum atomic E-state index is 10.7. The molecule has 0 radical (unpaired) electrons. The first-order valence-corrected chi connectivity index (χ1v) is 6.33. The van der Waals surface area contributed by atoms with E-state index >= 15 is 0 Å². The van der Waals surface area contributed by atoms with E-state index in [-0.39, 0.29) is 17.5 Å². The van der Waals surface area contributed by atoms with Gasteiger partial charge in [-0.15, -0.1) is 0 Å². The zero-order valence-electron chi connectivity index (χ0n) is 10.6. The lowest BCUT2D eigenvalue weighted by Gasteiger charge is -2.31. The zero-order chi connectivity index (χ0) is 13.1. The Kier molecular flexibility index (Phi) is 3.81. The molecule has 100 valence electrons.